The fraction of sp³-hybridized carbons (Fsp3) is 0.333. The molecule has 0 fully saturated rings. The molecular formula is C9H12O2. The third-order valence-corrected chi connectivity index (χ3v) is 1.77. The topological polar surface area (TPSA) is 40.5 Å². The van der Waals surface area contributed by atoms with Crippen LogP contribution in [0.2, 0.25) is 0 Å². The number of rotatable bonds is 2. The van der Waals surface area contributed by atoms with Crippen molar-refractivity contribution in [2.24, 2.45) is 0 Å². The van der Waals surface area contributed by atoms with Crippen LogP contribution in [0.15, 0.2) is 37.0 Å². The van der Waals surface area contributed by atoms with Gasteiger partial charge in [0, 0.05) is 6.42 Å². The van der Waals surface area contributed by atoms with E-state index < -0.39 is 11.7 Å². The molecule has 0 saturated carbocycles. The first kappa shape index (κ1) is 8.24. The Morgan fingerprint density at radius 1 is 1.55 bits per heavy atom. The van der Waals surface area contributed by atoms with Gasteiger partial charge in [-0.2, -0.15) is 0 Å². The summed E-state index contributed by atoms with van der Waals surface area (Å²) in [5, 5.41) is 19.0. The zero-order valence-corrected chi connectivity index (χ0v) is 6.27. The number of aliphatic hydroxyl groups is 2. The molecule has 11 heavy (non-hydrogen) atoms. The lowest BCUT2D eigenvalue weighted by Crippen LogP contribution is -2.39. The Morgan fingerprint density at radius 3 is 2.82 bits per heavy atom. The second kappa shape index (κ2) is 3.03. The molecule has 60 valence electrons. The second-order valence-electron chi connectivity index (χ2n) is 2.67. The van der Waals surface area contributed by atoms with Gasteiger partial charge in [-0.05, 0) is 6.08 Å². The normalized spacial score (nSPS) is 35.6. The molecule has 2 unspecified atom stereocenters. The van der Waals surface area contributed by atoms with E-state index in [1.807, 2.05) is 0 Å². The van der Waals surface area contributed by atoms with Crippen LogP contribution in [0.3, 0.4) is 0 Å². The van der Waals surface area contributed by atoms with Gasteiger partial charge in [-0.15, -0.1) is 6.58 Å². The zero-order valence-electron chi connectivity index (χ0n) is 6.27. The van der Waals surface area contributed by atoms with Crippen molar-refractivity contribution in [2.45, 2.75) is 18.1 Å². The Balaban J connectivity index is 2.76. The fourth-order valence-corrected chi connectivity index (χ4v) is 1.08. The minimum absolute atomic E-state index is 0.370. The lowest BCUT2D eigenvalue weighted by molar-refractivity contribution is -0.0128. The summed E-state index contributed by atoms with van der Waals surface area (Å²) in [6, 6.07) is 0. The quantitative estimate of drug-likeness (QED) is 0.574. The van der Waals surface area contributed by atoms with Crippen molar-refractivity contribution in [3.05, 3.63) is 37.0 Å². The molecule has 1 rings (SSSR count). The largest absolute Gasteiger partial charge is 0.386 e. The van der Waals surface area contributed by atoms with Crippen LogP contribution in [0.5, 0.6) is 0 Å². The van der Waals surface area contributed by atoms with Crippen LogP contribution in [-0.2, 0) is 0 Å². The summed E-state index contributed by atoms with van der Waals surface area (Å²) in [6.45, 7) is 3.51. The van der Waals surface area contributed by atoms with Crippen LogP contribution >= 0.6 is 0 Å². The van der Waals surface area contributed by atoms with Crippen LogP contribution in [0.25, 0.3) is 0 Å². The van der Waals surface area contributed by atoms with E-state index in [2.05, 4.69) is 6.58 Å². The van der Waals surface area contributed by atoms with Crippen molar-refractivity contribution in [2.75, 3.05) is 0 Å². The van der Waals surface area contributed by atoms with Crippen LogP contribution in [-0.4, -0.2) is 21.9 Å². The Hall–Kier alpha value is -0.860. The van der Waals surface area contributed by atoms with Gasteiger partial charge in [0.15, 0.2) is 0 Å². The molecule has 0 saturated heterocycles. The average Bonchev–Trinajstić information content (AvgIpc) is 1.96. The van der Waals surface area contributed by atoms with Crippen LogP contribution in [0.4, 0.5) is 0 Å². The first-order valence-corrected chi connectivity index (χ1v) is 3.56. The smallest absolute Gasteiger partial charge is 0.116 e. The van der Waals surface area contributed by atoms with Gasteiger partial charge in [0.1, 0.15) is 11.7 Å². The maximum Gasteiger partial charge on any atom is 0.116 e. The summed E-state index contributed by atoms with van der Waals surface area (Å²) in [6.07, 6.45) is 7.72. The molecule has 0 spiro atoms. The summed E-state index contributed by atoms with van der Waals surface area (Å²) in [4.78, 5) is 0. The van der Waals surface area contributed by atoms with Crippen molar-refractivity contribution in [3.63, 3.8) is 0 Å². The molecule has 0 aromatic rings. The Morgan fingerprint density at radius 2 is 2.27 bits per heavy atom. The molecule has 0 aliphatic heterocycles. The number of hydrogen-bond acceptors (Lipinski definition) is 2. The molecule has 0 heterocycles. The summed E-state index contributed by atoms with van der Waals surface area (Å²) in [5.74, 6) is 0. The molecule has 1 aliphatic carbocycles. The van der Waals surface area contributed by atoms with Crippen molar-refractivity contribution >= 4 is 0 Å². The lowest BCUT2D eigenvalue weighted by Gasteiger charge is -2.28. The SMILES string of the molecule is C=CCC1(O)C=CC=CC1O. The monoisotopic (exact) mass is 152 g/mol. The van der Waals surface area contributed by atoms with E-state index in [0.29, 0.717) is 6.42 Å². The highest BCUT2D eigenvalue weighted by molar-refractivity contribution is 5.23. The van der Waals surface area contributed by atoms with Crippen molar-refractivity contribution < 1.29 is 10.2 Å². The fourth-order valence-electron chi connectivity index (χ4n) is 1.08. The summed E-state index contributed by atoms with van der Waals surface area (Å²) >= 11 is 0. The molecule has 0 radical (unpaired) electrons. The minimum atomic E-state index is -1.14. The first-order chi connectivity index (χ1) is 5.19. The maximum atomic E-state index is 9.68. The highest BCUT2D eigenvalue weighted by atomic mass is 16.3. The van der Waals surface area contributed by atoms with E-state index in [-0.39, 0.29) is 0 Å². The predicted octanol–water partition coefficient (Wildman–Crippen LogP) is 0.780. The van der Waals surface area contributed by atoms with Gasteiger partial charge in [-0.25, -0.2) is 0 Å². The molecule has 2 N–H and O–H groups in total. The Kier molecular flexibility index (Phi) is 2.27. The van der Waals surface area contributed by atoms with Gasteiger partial charge >= 0.3 is 0 Å². The molecule has 1 aliphatic rings. The van der Waals surface area contributed by atoms with Gasteiger partial charge in [0.05, 0.1) is 0 Å². The highest BCUT2D eigenvalue weighted by Gasteiger charge is 2.30. The van der Waals surface area contributed by atoms with E-state index in [1.165, 1.54) is 0 Å². The van der Waals surface area contributed by atoms with Gasteiger partial charge in [0.2, 0.25) is 0 Å². The van der Waals surface area contributed by atoms with Crippen LogP contribution in [0.1, 0.15) is 6.42 Å². The molecular weight excluding hydrogens is 140 g/mol. The Labute approximate surface area is 66.2 Å². The van der Waals surface area contributed by atoms with Gasteiger partial charge in [-0.1, -0.05) is 24.3 Å². The van der Waals surface area contributed by atoms with E-state index in [1.54, 1.807) is 30.4 Å². The number of aliphatic hydroxyl groups excluding tert-OH is 1. The molecule has 2 heteroatoms. The van der Waals surface area contributed by atoms with Gasteiger partial charge in [-0.3, -0.25) is 0 Å². The van der Waals surface area contributed by atoms with Crippen molar-refractivity contribution in [1.82, 2.24) is 0 Å². The number of allylic oxidation sites excluding steroid dienone is 2. The standard InChI is InChI=1S/C9H12O2/c1-2-6-9(11)7-4-3-5-8(9)10/h2-5,7-8,10-11H,1,6H2. The minimum Gasteiger partial charge on any atom is -0.386 e. The van der Waals surface area contributed by atoms with E-state index in [9.17, 15) is 10.2 Å². The number of hydrogen-bond donors (Lipinski definition) is 2. The first-order valence-electron chi connectivity index (χ1n) is 3.56. The molecule has 0 amide bonds. The van der Waals surface area contributed by atoms with E-state index in [0.717, 1.165) is 0 Å². The summed E-state index contributed by atoms with van der Waals surface area (Å²) in [5.41, 5.74) is -1.14. The van der Waals surface area contributed by atoms with Crippen molar-refractivity contribution in [1.29, 1.82) is 0 Å². The third kappa shape index (κ3) is 1.59. The average molecular weight is 152 g/mol. The predicted molar refractivity (Wildman–Crippen MR) is 44.1 cm³/mol. The molecule has 2 atom stereocenters. The highest BCUT2D eigenvalue weighted by Crippen LogP contribution is 2.21. The second-order valence-corrected chi connectivity index (χ2v) is 2.67. The van der Waals surface area contributed by atoms with E-state index >= 15 is 0 Å². The third-order valence-electron chi connectivity index (χ3n) is 1.77. The maximum absolute atomic E-state index is 9.68. The van der Waals surface area contributed by atoms with Crippen LogP contribution < -0.4 is 0 Å². The molecule has 0 bridgehead atoms. The lowest BCUT2D eigenvalue weighted by atomic mass is 9.89. The van der Waals surface area contributed by atoms with Crippen LogP contribution in [0, 0.1) is 0 Å². The molecule has 0 aromatic heterocycles. The molecule has 2 nitrogen and oxygen atoms in total. The van der Waals surface area contributed by atoms with E-state index in [4.69, 9.17) is 0 Å². The Bertz CT molecular complexity index is 206. The van der Waals surface area contributed by atoms with Gasteiger partial charge in [0.25, 0.3) is 0 Å². The zero-order chi connectivity index (χ0) is 8.32. The summed E-state index contributed by atoms with van der Waals surface area (Å²) in [7, 11) is 0. The van der Waals surface area contributed by atoms with Crippen molar-refractivity contribution in [3.8, 4) is 0 Å². The summed E-state index contributed by atoms with van der Waals surface area (Å²) < 4.78 is 0. The van der Waals surface area contributed by atoms with Gasteiger partial charge < -0.3 is 10.2 Å². The molecule has 0 aromatic carbocycles.